The largest absolute Gasteiger partial charge is 0.493 e. The third-order valence-electron chi connectivity index (χ3n) is 2.99. The fourth-order valence-electron chi connectivity index (χ4n) is 2.00. The lowest BCUT2D eigenvalue weighted by Gasteiger charge is -2.17. The summed E-state index contributed by atoms with van der Waals surface area (Å²) >= 11 is 0. The zero-order chi connectivity index (χ0) is 15.4. The minimum absolute atomic E-state index is 0.154. The Bertz CT molecular complexity index is 525. The standard InChI is InChI=1S/C14H17NO6/c1-9(16)21-13-11(18-2)6-10(7-12(13)19-3)14(17)15-4-5-20-8-15/h6-7H,4-5,8H2,1-3H3. The van der Waals surface area contributed by atoms with E-state index in [2.05, 4.69) is 0 Å². The molecule has 0 N–H and O–H groups in total. The van der Waals surface area contributed by atoms with Crippen LogP contribution in [-0.4, -0.2) is 50.9 Å². The average molecular weight is 295 g/mol. The lowest BCUT2D eigenvalue weighted by atomic mass is 10.1. The van der Waals surface area contributed by atoms with Crippen molar-refractivity contribution in [2.45, 2.75) is 6.92 Å². The van der Waals surface area contributed by atoms with E-state index in [1.807, 2.05) is 0 Å². The molecule has 1 aromatic carbocycles. The topological polar surface area (TPSA) is 74.3 Å². The highest BCUT2D eigenvalue weighted by atomic mass is 16.6. The van der Waals surface area contributed by atoms with Gasteiger partial charge in [-0.15, -0.1) is 0 Å². The molecule has 7 heteroatoms. The average Bonchev–Trinajstić information content (AvgIpc) is 3.00. The fraction of sp³-hybridized carbons (Fsp3) is 0.429. The summed E-state index contributed by atoms with van der Waals surface area (Å²) in [4.78, 5) is 25.1. The second-order valence-electron chi connectivity index (χ2n) is 4.41. The Kier molecular flexibility index (Phi) is 4.64. The van der Waals surface area contributed by atoms with Gasteiger partial charge in [-0.1, -0.05) is 0 Å². The number of hydrogen-bond donors (Lipinski definition) is 0. The minimum Gasteiger partial charge on any atom is -0.493 e. The van der Waals surface area contributed by atoms with E-state index in [9.17, 15) is 9.59 Å². The first-order chi connectivity index (χ1) is 10.1. The second kappa shape index (κ2) is 6.45. The molecule has 1 aliphatic rings. The molecule has 0 bridgehead atoms. The number of carbonyl (C=O) groups is 2. The van der Waals surface area contributed by atoms with Gasteiger partial charge in [-0.25, -0.2) is 0 Å². The van der Waals surface area contributed by atoms with Crippen LogP contribution in [0.1, 0.15) is 17.3 Å². The van der Waals surface area contributed by atoms with Crippen LogP contribution >= 0.6 is 0 Å². The van der Waals surface area contributed by atoms with Gasteiger partial charge in [0, 0.05) is 19.0 Å². The lowest BCUT2D eigenvalue weighted by Crippen LogP contribution is -2.28. The molecule has 0 aromatic heterocycles. The highest BCUT2D eigenvalue weighted by molar-refractivity contribution is 5.96. The number of amides is 1. The highest BCUT2D eigenvalue weighted by Gasteiger charge is 2.24. The van der Waals surface area contributed by atoms with Crippen molar-refractivity contribution in [3.8, 4) is 17.2 Å². The maximum atomic E-state index is 12.3. The predicted molar refractivity (Wildman–Crippen MR) is 72.7 cm³/mol. The molecule has 1 heterocycles. The predicted octanol–water partition coefficient (Wildman–Crippen LogP) is 1.06. The molecule has 114 valence electrons. The van der Waals surface area contributed by atoms with Gasteiger partial charge in [-0.2, -0.15) is 0 Å². The summed E-state index contributed by atoms with van der Waals surface area (Å²) in [6, 6.07) is 3.03. The molecular weight excluding hydrogens is 278 g/mol. The summed E-state index contributed by atoms with van der Waals surface area (Å²) in [7, 11) is 2.85. The number of esters is 1. The van der Waals surface area contributed by atoms with E-state index in [1.54, 1.807) is 4.90 Å². The molecular formula is C14H17NO6. The van der Waals surface area contributed by atoms with Crippen molar-refractivity contribution >= 4 is 11.9 Å². The van der Waals surface area contributed by atoms with Gasteiger partial charge < -0.3 is 23.8 Å². The number of hydrogen-bond acceptors (Lipinski definition) is 6. The van der Waals surface area contributed by atoms with Crippen molar-refractivity contribution in [2.24, 2.45) is 0 Å². The zero-order valence-electron chi connectivity index (χ0n) is 12.2. The first-order valence-electron chi connectivity index (χ1n) is 6.38. The number of carbonyl (C=O) groups excluding carboxylic acids is 2. The van der Waals surface area contributed by atoms with E-state index >= 15 is 0 Å². The molecule has 1 aromatic rings. The number of nitrogens with zero attached hydrogens (tertiary/aromatic N) is 1. The van der Waals surface area contributed by atoms with Gasteiger partial charge in [0.1, 0.15) is 6.73 Å². The molecule has 1 saturated heterocycles. The van der Waals surface area contributed by atoms with Gasteiger partial charge in [0.05, 0.1) is 20.8 Å². The number of benzene rings is 1. The molecule has 0 unspecified atom stereocenters. The van der Waals surface area contributed by atoms with Crippen LogP contribution < -0.4 is 14.2 Å². The summed E-state index contributed by atoms with van der Waals surface area (Å²) in [6.45, 7) is 2.59. The Morgan fingerprint density at radius 3 is 2.24 bits per heavy atom. The van der Waals surface area contributed by atoms with Crippen molar-refractivity contribution in [3.63, 3.8) is 0 Å². The Labute approximate surface area is 122 Å². The summed E-state index contributed by atoms with van der Waals surface area (Å²) in [5, 5.41) is 0. The van der Waals surface area contributed by atoms with Gasteiger partial charge in [-0.3, -0.25) is 9.59 Å². The summed E-state index contributed by atoms with van der Waals surface area (Å²) in [5.74, 6) is -0.0279. The molecule has 0 aliphatic carbocycles. The second-order valence-corrected chi connectivity index (χ2v) is 4.41. The zero-order valence-corrected chi connectivity index (χ0v) is 12.2. The van der Waals surface area contributed by atoms with E-state index in [0.717, 1.165) is 0 Å². The number of methoxy groups -OCH3 is 2. The molecule has 0 radical (unpaired) electrons. The smallest absolute Gasteiger partial charge is 0.308 e. The van der Waals surface area contributed by atoms with E-state index in [0.29, 0.717) is 18.7 Å². The molecule has 1 amide bonds. The maximum Gasteiger partial charge on any atom is 0.308 e. The highest BCUT2D eigenvalue weighted by Crippen LogP contribution is 2.39. The molecule has 0 spiro atoms. The molecule has 1 aliphatic heterocycles. The van der Waals surface area contributed by atoms with Crippen molar-refractivity contribution in [1.29, 1.82) is 0 Å². The summed E-state index contributed by atoms with van der Waals surface area (Å²) in [5.41, 5.74) is 0.380. The third-order valence-corrected chi connectivity index (χ3v) is 2.99. The van der Waals surface area contributed by atoms with E-state index in [1.165, 1.54) is 33.3 Å². The van der Waals surface area contributed by atoms with Crippen LogP contribution in [0, 0.1) is 0 Å². The summed E-state index contributed by atoms with van der Waals surface area (Å²) < 4.78 is 20.6. The van der Waals surface area contributed by atoms with Crippen molar-refractivity contribution in [1.82, 2.24) is 4.90 Å². The molecule has 1 fully saturated rings. The maximum absolute atomic E-state index is 12.3. The van der Waals surface area contributed by atoms with Crippen molar-refractivity contribution in [3.05, 3.63) is 17.7 Å². The Balaban J connectivity index is 2.39. The van der Waals surface area contributed by atoms with Gasteiger partial charge >= 0.3 is 5.97 Å². The van der Waals surface area contributed by atoms with Crippen molar-refractivity contribution < 1.29 is 28.5 Å². The molecule has 7 nitrogen and oxygen atoms in total. The Morgan fingerprint density at radius 1 is 1.19 bits per heavy atom. The normalized spacial score (nSPS) is 14.0. The first-order valence-corrected chi connectivity index (χ1v) is 6.38. The van der Waals surface area contributed by atoms with Crippen molar-refractivity contribution in [2.75, 3.05) is 34.1 Å². The molecule has 0 atom stereocenters. The van der Waals surface area contributed by atoms with Crippen LogP contribution in [0.25, 0.3) is 0 Å². The Morgan fingerprint density at radius 2 is 1.81 bits per heavy atom. The van der Waals surface area contributed by atoms with Gasteiger partial charge in [0.2, 0.25) is 5.75 Å². The number of ether oxygens (including phenoxy) is 4. The van der Waals surface area contributed by atoms with Crippen LogP contribution in [-0.2, 0) is 9.53 Å². The first kappa shape index (κ1) is 15.1. The van der Waals surface area contributed by atoms with E-state index in [4.69, 9.17) is 18.9 Å². The molecule has 0 saturated carbocycles. The number of rotatable bonds is 4. The van der Waals surface area contributed by atoms with Crippen LogP contribution in [0.15, 0.2) is 12.1 Å². The van der Waals surface area contributed by atoms with Gasteiger partial charge in [0.15, 0.2) is 11.5 Å². The third kappa shape index (κ3) is 3.25. The van der Waals surface area contributed by atoms with E-state index < -0.39 is 5.97 Å². The van der Waals surface area contributed by atoms with E-state index in [-0.39, 0.29) is 29.9 Å². The van der Waals surface area contributed by atoms with Crippen LogP contribution in [0.2, 0.25) is 0 Å². The molecule has 21 heavy (non-hydrogen) atoms. The van der Waals surface area contributed by atoms with Gasteiger partial charge in [-0.05, 0) is 12.1 Å². The quantitative estimate of drug-likeness (QED) is 0.611. The monoisotopic (exact) mass is 295 g/mol. The SMILES string of the molecule is COc1cc(C(=O)N2CCOC2)cc(OC)c1OC(C)=O. The van der Waals surface area contributed by atoms with Crippen LogP contribution in [0.5, 0.6) is 17.2 Å². The van der Waals surface area contributed by atoms with Crippen LogP contribution in [0.3, 0.4) is 0 Å². The summed E-state index contributed by atoms with van der Waals surface area (Å²) in [6.07, 6.45) is 0. The van der Waals surface area contributed by atoms with Gasteiger partial charge in [0.25, 0.3) is 5.91 Å². The lowest BCUT2D eigenvalue weighted by molar-refractivity contribution is -0.132. The fourth-order valence-corrected chi connectivity index (χ4v) is 2.00. The molecule has 2 rings (SSSR count). The minimum atomic E-state index is -0.501. The van der Waals surface area contributed by atoms with Crippen LogP contribution in [0.4, 0.5) is 0 Å². The Hall–Kier alpha value is -2.28.